The van der Waals surface area contributed by atoms with Crippen molar-refractivity contribution < 1.29 is 14.3 Å². The number of likely N-dealkylation sites (N-methyl/N-ethyl adjacent to an activating group) is 1. The van der Waals surface area contributed by atoms with Gasteiger partial charge in [-0.05, 0) is 61.7 Å². The molecule has 0 spiro atoms. The van der Waals surface area contributed by atoms with Crippen molar-refractivity contribution in [1.29, 1.82) is 0 Å². The molecule has 0 unspecified atom stereocenters. The predicted molar refractivity (Wildman–Crippen MR) is 151 cm³/mol. The van der Waals surface area contributed by atoms with Crippen LogP contribution >= 0.6 is 0 Å². The number of imidazole rings is 1. The quantitative estimate of drug-likeness (QED) is 0.251. The summed E-state index contributed by atoms with van der Waals surface area (Å²) in [6.07, 6.45) is 3.93. The van der Waals surface area contributed by atoms with Crippen molar-refractivity contribution in [2.45, 2.75) is 45.6 Å². The molecule has 0 aliphatic carbocycles. The minimum atomic E-state index is 0.0226. The van der Waals surface area contributed by atoms with Crippen molar-refractivity contribution in [1.82, 2.24) is 14.9 Å². The third kappa shape index (κ3) is 7.00. The van der Waals surface area contributed by atoms with Crippen molar-refractivity contribution in [3.63, 3.8) is 0 Å². The smallest absolute Gasteiger partial charge is 0.246 e. The molecule has 38 heavy (non-hydrogen) atoms. The normalized spacial score (nSPS) is 10.9. The number of ether oxygens (including phenoxy) is 1. The minimum Gasteiger partial charge on any atom is -0.497 e. The van der Waals surface area contributed by atoms with E-state index in [0.717, 1.165) is 59.5 Å². The van der Waals surface area contributed by atoms with E-state index in [1.807, 2.05) is 90.7 Å². The third-order valence-corrected chi connectivity index (χ3v) is 6.64. The SMILES string of the molecule is CCN(C(=O)Cn1c(CCCCCNC(=O)Cc2ccc(OC)cc2)nc2ccccc21)c1ccccc1. The predicted octanol–water partition coefficient (Wildman–Crippen LogP) is 5.17. The number of methoxy groups -OCH3 is 1. The molecule has 198 valence electrons. The number of aromatic nitrogens is 2. The number of nitrogens with one attached hydrogen (secondary N) is 1. The third-order valence-electron chi connectivity index (χ3n) is 6.64. The first-order chi connectivity index (χ1) is 18.6. The number of aryl methyl sites for hydroxylation is 1. The molecule has 1 heterocycles. The van der Waals surface area contributed by atoms with Gasteiger partial charge in [-0.15, -0.1) is 0 Å². The molecule has 7 nitrogen and oxygen atoms in total. The minimum absolute atomic E-state index is 0.0226. The summed E-state index contributed by atoms with van der Waals surface area (Å²) in [6.45, 7) is 3.50. The Balaban J connectivity index is 1.29. The maximum atomic E-state index is 13.3. The molecule has 0 bridgehead atoms. The monoisotopic (exact) mass is 512 g/mol. The van der Waals surface area contributed by atoms with Gasteiger partial charge in [0.2, 0.25) is 11.8 Å². The molecule has 1 aromatic heterocycles. The first-order valence-electron chi connectivity index (χ1n) is 13.3. The molecule has 0 saturated carbocycles. The van der Waals surface area contributed by atoms with E-state index in [1.54, 1.807) is 7.11 Å². The fourth-order valence-corrected chi connectivity index (χ4v) is 4.63. The molecule has 7 heteroatoms. The lowest BCUT2D eigenvalue weighted by Gasteiger charge is -2.22. The van der Waals surface area contributed by atoms with Crippen LogP contribution in [0.2, 0.25) is 0 Å². The molecule has 4 rings (SSSR count). The van der Waals surface area contributed by atoms with Gasteiger partial charge >= 0.3 is 0 Å². The molecule has 0 aliphatic heterocycles. The largest absolute Gasteiger partial charge is 0.497 e. The molecule has 2 amide bonds. The van der Waals surface area contributed by atoms with Crippen LogP contribution in [-0.2, 0) is 29.0 Å². The lowest BCUT2D eigenvalue weighted by Crippen LogP contribution is -2.34. The number of anilines is 1. The first kappa shape index (κ1) is 26.9. The van der Waals surface area contributed by atoms with Crippen LogP contribution in [0.1, 0.15) is 37.6 Å². The Bertz CT molecular complexity index is 1330. The Morgan fingerprint density at radius 2 is 1.66 bits per heavy atom. The standard InChI is InChI=1S/C31H36N4O3/c1-3-34(25-12-6-4-7-13-25)31(37)23-35-28-15-10-9-14-27(28)33-29(35)16-8-5-11-21-32-30(36)22-24-17-19-26(38-2)20-18-24/h4,6-7,9-10,12-15,17-20H,3,5,8,11,16,21-23H2,1-2H3,(H,32,36). The number of hydrogen-bond donors (Lipinski definition) is 1. The van der Waals surface area contributed by atoms with E-state index in [0.29, 0.717) is 19.5 Å². The summed E-state index contributed by atoms with van der Waals surface area (Å²) in [5.41, 5.74) is 3.75. The van der Waals surface area contributed by atoms with Gasteiger partial charge in [0.25, 0.3) is 0 Å². The Hall–Kier alpha value is -4.13. The number of fused-ring (bicyclic) bond motifs is 1. The topological polar surface area (TPSA) is 76.5 Å². The van der Waals surface area contributed by atoms with Crippen molar-refractivity contribution in [3.05, 3.63) is 90.3 Å². The Morgan fingerprint density at radius 1 is 0.921 bits per heavy atom. The number of amides is 2. The summed E-state index contributed by atoms with van der Waals surface area (Å²) in [5, 5.41) is 3.01. The average Bonchev–Trinajstić information content (AvgIpc) is 3.29. The van der Waals surface area contributed by atoms with Gasteiger partial charge in [-0.1, -0.05) is 48.9 Å². The summed E-state index contributed by atoms with van der Waals surface area (Å²) in [5.74, 6) is 1.77. The molecule has 4 aromatic rings. The second kappa shape index (κ2) is 13.4. The average molecular weight is 513 g/mol. The number of rotatable bonds is 13. The highest BCUT2D eigenvalue weighted by Crippen LogP contribution is 2.20. The number of nitrogens with zero attached hydrogens (tertiary/aromatic N) is 3. The molecular weight excluding hydrogens is 476 g/mol. The van der Waals surface area contributed by atoms with Gasteiger partial charge in [0.15, 0.2) is 0 Å². The van der Waals surface area contributed by atoms with Crippen LogP contribution in [0.15, 0.2) is 78.9 Å². The molecule has 0 saturated heterocycles. The van der Waals surface area contributed by atoms with E-state index in [2.05, 4.69) is 9.88 Å². The molecule has 0 fully saturated rings. The Kier molecular flexibility index (Phi) is 9.51. The molecule has 1 N–H and O–H groups in total. The summed E-state index contributed by atoms with van der Waals surface area (Å²) in [6, 6.07) is 25.3. The van der Waals surface area contributed by atoms with Crippen LogP contribution in [0.25, 0.3) is 11.0 Å². The van der Waals surface area contributed by atoms with Gasteiger partial charge < -0.3 is 19.5 Å². The van der Waals surface area contributed by atoms with Crippen molar-refractivity contribution >= 4 is 28.5 Å². The maximum absolute atomic E-state index is 13.3. The van der Waals surface area contributed by atoms with Crippen LogP contribution in [-0.4, -0.2) is 41.6 Å². The van der Waals surface area contributed by atoms with E-state index in [4.69, 9.17) is 9.72 Å². The number of carbonyl (C=O) groups excluding carboxylic acids is 2. The van der Waals surface area contributed by atoms with Crippen LogP contribution in [0.4, 0.5) is 5.69 Å². The summed E-state index contributed by atoms with van der Waals surface area (Å²) < 4.78 is 7.22. The second-order valence-electron chi connectivity index (χ2n) is 9.26. The number of para-hydroxylation sites is 3. The number of carbonyl (C=O) groups is 2. The molecule has 0 atom stereocenters. The highest BCUT2D eigenvalue weighted by Gasteiger charge is 2.18. The van der Waals surface area contributed by atoms with Gasteiger partial charge in [0, 0.05) is 25.2 Å². The van der Waals surface area contributed by atoms with Gasteiger partial charge in [-0.25, -0.2) is 4.98 Å². The highest BCUT2D eigenvalue weighted by molar-refractivity contribution is 5.94. The first-order valence-corrected chi connectivity index (χ1v) is 13.3. The lowest BCUT2D eigenvalue weighted by molar-refractivity contribution is -0.120. The molecule has 0 radical (unpaired) electrons. The Labute approximate surface area is 224 Å². The zero-order chi connectivity index (χ0) is 26.7. The highest BCUT2D eigenvalue weighted by atomic mass is 16.5. The fraction of sp³-hybridized carbons (Fsp3) is 0.323. The number of unbranched alkanes of at least 4 members (excludes halogenated alkanes) is 2. The van der Waals surface area contributed by atoms with E-state index in [-0.39, 0.29) is 18.4 Å². The molecular formula is C31H36N4O3. The van der Waals surface area contributed by atoms with Crippen LogP contribution < -0.4 is 15.0 Å². The van der Waals surface area contributed by atoms with Crippen molar-refractivity contribution in [3.8, 4) is 5.75 Å². The second-order valence-corrected chi connectivity index (χ2v) is 9.26. The van der Waals surface area contributed by atoms with Crippen LogP contribution in [0.5, 0.6) is 5.75 Å². The summed E-state index contributed by atoms with van der Waals surface area (Å²) >= 11 is 0. The van der Waals surface area contributed by atoms with E-state index in [9.17, 15) is 9.59 Å². The zero-order valence-electron chi connectivity index (χ0n) is 22.2. The van der Waals surface area contributed by atoms with Gasteiger partial charge in [0.05, 0.1) is 24.6 Å². The number of hydrogen-bond acceptors (Lipinski definition) is 4. The molecule has 3 aromatic carbocycles. The zero-order valence-corrected chi connectivity index (χ0v) is 22.2. The van der Waals surface area contributed by atoms with Crippen molar-refractivity contribution in [2.24, 2.45) is 0 Å². The van der Waals surface area contributed by atoms with Crippen molar-refractivity contribution in [2.75, 3.05) is 25.1 Å². The number of benzene rings is 3. The maximum Gasteiger partial charge on any atom is 0.246 e. The fourth-order valence-electron chi connectivity index (χ4n) is 4.63. The van der Waals surface area contributed by atoms with Crippen LogP contribution in [0, 0.1) is 0 Å². The van der Waals surface area contributed by atoms with Gasteiger partial charge in [0.1, 0.15) is 18.1 Å². The van der Waals surface area contributed by atoms with E-state index >= 15 is 0 Å². The molecule has 0 aliphatic rings. The van der Waals surface area contributed by atoms with Gasteiger partial charge in [-0.3, -0.25) is 9.59 Å². The summed E-state index contributed by atoms with van der Waals surface area (Å²) in [4.78, 5) is 32.2. The van der Waals surface area contributed by atoms with E-state index in [1.165, 1.54) is 0 Å². The lowest BCUT2D eigenvalue weighted by atomic mass is 10.1. The Morgan fingerprint density at radius 3 is 2.39 bits per heavy atom. The van der Waals surface area contributed by atoms with E-state index < -0.39 is 0 Å². The van der Waals surface area contributed by atoms with Gasteiger partial charge in [-0.2, -0.15) is 0 Å². The van der Waals surface area contributed by atoms with Crippen LogP contribution in [0.3, 0.4) is 0 Å². The summed E-state index contributed by atoms with van der Waals surface area (Å²) in [7, 11) is 1.63.